The van der Waals surface area contributed by atoms with Crippen molar-refractivity contribution >= 4 is 77.0 Å². The summed E-state index contributed by atoms with van der Waals surface area (Å²) >= 11 is 2.81. The number of esters is 2. The zero-order valence-corrected chi connectivity index (χ0v) is 63.6. The zero-order valence-electron chi connectivity index (χ0n) is 62.0. The first-order valence-electron chi connectivity index (χ1n) is 36.6. The van der Waals surface area contributed by atoms with Gasteiger partial charge in [0.1, 0.15) is 37.1 Å². The highest BCUT2D eigenvalue weighted by atomic mass is 32.2. The van der Waals surface area contributed by atoms with E-state index in [1.54, 1.807) is 48.5 Å². The van der Waals surface area contributed by atoms with E-state index in [2.05, 4.69) is 37.2 Å². The van der Waals surface area contributed by atoms with Gasteiger partial charge in [-0.1, -0.05) is 133 Å². The van der Waals surface area contributed by atoms with Crippen molar-refractivity contribution in [3.8, 4) is 33.4 Å². The van der Waals surface area contributed by atoms with Crippen molar-refractivity contribution in [2.45, 2.75) is 137 Å². The fraction of sp³-hybridized carbons (Fsp3) is 0.438. The van der Waals surface area contributed by atoms with Gasteiger partial charge < -0.3 is 101 Å². The van der Waals surface area contributed by atoms with Gasteiger partial charge in [-0.3, -0.25) is 28.8 Å². The van der Waals surface area contributed by atoms with Gasteiger partial charge in [0.25, 0.3) is 23.4 Å². The monoisotopic (exact) mass is 1570 g/mol. The Labute approximate surface area is 651 Å². The van der Waals surface area contributed by atoms with Crippen LogP contribution in [0.2, 0.25) is 0 Å². The number of fused-ring (bicyclic) bond motifs is 3. The summed E-state index contributed by atoms with van der Waals surface area (Å²) < 4.78 is 40.1. The highest BCUT2D eigenvalue weighted by Crippen LogP contribution is 2.45. The number of nitrogens with one attached hydrogen (secondary N) is 7. The lowest BCUT2D eigenvalue weighted by Crippen LogP contribution is -2.68. The van der Waals surface area contributed by atoms with Gasteiger partial charge in [0.2, 0.25) is 23.6 Å². The summed E-state index contributed by atoms with van der Waals surface area (Å²) in [6.45, 7) is 1.30. The number of rotatable bonds is 39. The predicted molar refractivity (Wildman–Crippen MR) is 411 cm³/mol. The summed E-state index contributed by atoms with van der Waals surface area (Å²) in [5.41, 5.74) is 8.16. The summed E-state index contributed by atoms with van der Waals surface area (Å²) in [6, 6.07) is 44.2. The van der Waals surface area contributed by atoms with Crippen LogP contribution in [0, 0.1) is 0 Å². The van der Waals surface area contributed by atoms with Crippen LogP contribution in [0.1, 0.15) is 90.1 Å². The Hall–Kier alpha value is -9.35. The second kappa shape index (κ2) is 41.8. The summed E-state index contributed by atoms with van der Waals surface area (Å²) in [4.78, 5) is 119. The minimum absolute atomic E-state index is 0.0427. The molecular weight excluding hydrogens is 1480 g/mol. The second-order valence-electron chi connectivity index (χ2n) is 26.9. The molecule has 31 heteroatoms. The van der Waals surface area contributed by atoms with Crippen LogP contribution in [-0.2, 0) is 61.9 Å². The molecule has 0 spiro atoms. The lowest BCUT2D eigenvalue weighted by atomic mass is 9.88. The van der Waals surface area contributed by atoms with Crippen LogP contribution in [0.5, 0.6) is 0 Å². The molecule has 9 rings (SSSR count). The van der Waals surface area contributed by atoms with Crippen LogP contribution in [0.15, 0.2) is 158 Å². The Morgan fingerprint density at radius 2 is 0.919 bits per heavy atom. The van der Waals surface area contributed by atoms with E-state index in [1.165, 1.54) is 37.4 Å². The first-order chi connectivity index (χ1) is 53.4. The Kier molecular flexibility index (Phi) is 32.2. The molecule has 111 heavy (non-hydrogen) atoms. The molecule has 2 aliphatic heterocycles. The molecule has 13 atom stereocenters. The molecule has 0 aromatic heterocycles. The van der Waals surface area contributed by atoms with Crippen LogP contribution < -0.4 is 37.2 Å². The van der Waals surface area contributed by atoms with Crippen LogP contribution >= 0.6 is 23.5 Å². The number of aliphatic hydroxyl groups excluding tert-OH is 6. The molecule has 596 valence electrons. The van der Waals surface area contributed by atoms with Crippen molar-refractivity contribution < 1.29 is 107 Å². The van der Waals surface area contributed by atoms with Crippen molar-refractivity contribution in [3.05, 3.63) is 180 Å². The number of ether oxygens (including phenoxy) is 7. The molecule has 2 heterocycles. The van der Waals surface area contributed by atoms with Crippen molar-refractivity contribution in [2.75, 3.05) is 83.2 Å². The summed E-state index contributed by atoms with van der Waals surface area (Å²) in [6.07, 6.45) is -15.5. The number of hydrogen-bond donors (Lipinski definition) is 13. The molecule has 0 bridgehead atoms. The van der Waals surface area contributed by atoms with E-state index >= 15 is 0 Å². The fourth-order valence-electron chi connectivity index (χ4n) is 13.4. The molecule has 2 saturated heterocycles. The maximum atomic E-state index is 13.9. The average molecular weight is 1570 g/mol. The van der Waals surface area contributed by atoms with Crippen LogP contribution in [0.3, 0.4) is 0 Å². The van der Waals surface area contributed by atoms with Gasteiger partial charge in [-0.25, -0.2) is 14.4 Å². The molecule has 0 radical (unpaired) electrons. The first kappa shape index (κ1) is 85.6. The van der Waals surface area contributed by atoms with Gasteiger partial charge in [0.15, 0.2) is 0 Å². The lowest BCUT2D eigenvalue weighted by molar-refractivity contribution is -0.311. The number of methoxy groups -OCH3 is 2. The van der Waals surface area contributed by atoms with Crippen molar-refractivity contribution in [1.29, 1.82) is 0 Å². The van der Waals surface area contributed by atoms with Crippen LogP contribution in [0.4, 0.5) is 4.79 Å². The fourth-order valence-corrected chi connectivity index (χ4v) is 15.0. The smallest absolute Gasteiger partial charge is 0.407 e. The molecule has 13 N–H and O–H groups in total. The number of amides is 7. The standard InChI is InChI=1S/C80H97N7O22S2/c1-48(88)85-67-62(90)43-79(76(100)103-3,108-71(67)69(95)64(92)45-83-73(97)54-29-25-52(26-30-54)50-17-7-5-8-18-50)106-37-15-39-110-41-35-81-66(94)34-33-61(87-78(102)105-47-60-58-23-13-11-21-56(58)57-22-12-14-24-59(57)60)75(99)82-36-42-111-40-16-38-107-80(77(101)104-4)44-63(91)68(86-49(2)89)72(109-80)70(96)65(93)46-84-74(98)55-31-27-53(28-32-55)51-19-9-6-10-20-51/h5-14,17-32,60-65,67-72,90-93,95-96H,15-16,33-47H2,1-4H3,(H,81,94)(H,82,99)(H,83,97)(H,84,98)(H,85,88)(H,86,89)(H,87,102)/t61?,62?,63?,64-,65-,67?,68?,69-,70-,71?,72?,79?,80?/m1/s1. The van der Waals surface area contributed by atoms with Crippen molar-refractivity contribution in [1.82, 2.24) is 37.2 Å². The van der Waals surface area contributed by atoms with Crippen molar-refractivity contribution in [2.24, 2.45) is 0 Å². The summed E-state index contributed by atoms with van der Waals surface area (Å²) in [7, 11) is 2.14. The van der Waals surface area contributed by atoms with E-state index in [9.17, 15) is 73.8 Å². The number of hydrogen-bond acceptors (Lipinski definition) is 24. The molecule has 6 aromatic rings. The highest BCUT2D eigenvalue weighted by molar-refractivity contribution is 7.99. The Morgan fingerprint density at radius 1 is 0.514 bits per heavy atom. The third-order valence-electron chi connectivity index (χ3n) is 19.1. The molecule has 1 aliphatic carbocycles. The number of aliphatic hydroxyl groups is 6. The molecule has 29 nitrogen and oxygen atoms in total. The SMILES string of the molecule is COC(=O)C1(OCCCSCCNC(=O)CCC(NC(=O)OCC2c3ccccc3-c3ccccc32)C(=O)NCCSCCCOC2(C(=O)OC)CC(O)C(NC(C)=O)C([C@H](O)[C@H](O)CNC(=O)c3ccc(-c4ccccc4)cc3)O2)CC(O)C(NC(C)=O)C([C@H](O)[C@H](O)CNC(=O)c2ccc(-c3ccccc3)cc2)O1. The van der Waals surface area contributed by atoms with Gasteiger partial charge in [0, 0.05) is 87.8 Å². The Morgan fingerprint density at radius 3 is 1.34 bits per heavy atom. The Bertz CT molecular complexity index is 4050. The summed E-state index contributed by atoms with van der Waals surface area (Å²) in [5.74, 6) is -8.84. The third kappa shape index (κ3) is 23.4. The molecule has 6 aromatic carbocycles. The summed E-state index contributed by atoms with van der Waals surface area (Å²) in [5, 5.41) is 86.9. The number of benzene rings is 6. The molecule has 0 saturated carbocycles. The molecule has 9 unspecified atom stereocenters. The maximum Gasteiger partial charge on any atom is 0.407 e. The van der Waals surface area contributed by atoms with Gasteiger partial charge in [0.05, 0.1) is 63.9 Å². The van der Waals surface area contributed by atoms with E-state index in [-0.39, 0.29) is 69.2 Å². The van der Waals surface area contributed by atoms with Crippen molar-refractivity contribution in [3.63, 3.8) is 0 Å². The van der Waals surface area contributed by atoms with Gasteiger partial charge in [-0.05, 0) is 99.5 Å². The Balaban J connectivity index is 0.731. The molecular formula is C80H97N7O22S2. The van der Waals surface area contributed by atoms with Crippen LogP contribution in [-0.4, -0.2) is 246 Å². The lowest BCUT2D eigenvalue weighted by Gasteiger charge is -2.47. The quantitative estimate of drug-likeness (QED) is 0.0148. The van der Waals surface area contributed by atoms with Crippen LogP contribution in [0.25, 0.3) is 33.4 Å². The average Bonchev–Trinajstić information content (AvgIpc) is 1.74. The normalized spacial score (nSPS) is 21.2. The topological polar surface area (TPSA) is 424 Å². The molecule has 2 fully saturated rings. The zero-order chi connectivity index (χ0) is 79.6. The first-order valence-corrected chi connectivity index (χ1v) is 38.9. The number of thioether (sulfide) groups is 2. The van der Waals surface area contributed by atoms with E-state index in [4.69, 9.17) is 33.2 Å². The van der Waals surface area contributed by atoms with Gasteiger partial charge >= 0.3 is 18.0 Å². The second-order valence-corrected chi connectivity index (χ2v) is 29.4. The largest absolute Gasteiger partial charge is 0.465 e. The van der Waals surface area contributed by atoms with E-state index < -0.39 is 158 Å². The predicted octanol–water partition coefficient (Wildman–Crippen LogP) is 3.87. The van der Waals surface area contributed by atoms with Gasteiger partial charge in [-0.15, -0.1) is 0 Å². The third-order valence-corrected chi connectivity index (χ3v) is 21.2. The number of carbonyl (C=O) groups excluding carboxylic acids is 9. The minimum Gasteiger partial charge on any atom is -0.465 e. The minimum atomic E-state index is -2.32. The number of carbonyl (C=O) groups is 9. The van der Waals surface area contributed by atoms with E-state index in [0.717, 1.165) is 58.7 Å². The molecule has 7 amide bonds. The number of alkyl carbamates (subject to hydrolysis) is 1. The van der Waals surface area contributed by atoms with E-state index in [1.807, 2.05) is 109 Å². The van der Waals surface area contributed by atoms with E-state index in [0.29, 0.717) is 29.4 Å². The maximum absolute atomic E-state index is 13.9. The van der Waals surface area contributed by atoms with Gasteiger partial charge in [-0.2, -0.15) is 23.5 Å². The highest BCUT2D eigenvalue weighted by Gasteiger charge is 2.58. The molecule has 3 aliphatic rings.